The van der Waals surface area contributed by atoms with Crippen molar-refractivity contribution in [1.82, 2.24) is 9.88 Å². The molecule has 0 aromatic carbocycles. The SMILES string of the molecule is CC(C)C(CNC(=O)CCn1ccccc1=O)C(C)C. The molecule has 0 aliphatic rings. The van der Waals surface area contributed by atoms with E-state index in [4.69, 9.17) is 0 Å². The van der Waals surface area contributed by atoms with E-state index in [1.807, 2.05) is 0 Å². The number of hydrogen-bond donors (Lipinski definition) is 1. The molecule has 0 unspecified atom stereocenters. The van der Waals surface area contributed by atoms with Crippen LogP contribution in [-0.2, 0) is 11.3 Å². The van der Waals surface area contributed by atoms with Gasteiger partial charge in [-0.25, -0.2) is 0 Å². The van der Waals surface area contributed by atoms with E-state index in [1.165, 1.54) is 6.07 Å². The maximum atomic E-state index is 11.9. The van der Waals surface area contributed by atoms with Gasteiger partial charge in [-0.15, -0.1) is 0 Å². The standard InChI is InChI=1S/C16H26N2O2/c1-12(2)14(13(3)4)11-17-15(19)8-10-18-9-6-5-7-16(18)20/h5-7,9,12-14H,8,10-11H2,1-4H3,(H,17,19). The summed E-state index contributed by atoms with van der Waals surface area (Å²) in [4.78, 5) is 23.4. The molecule has 112 valence electrons. The molecule has 1 amide bonds. The van der Waals surface area contributed by atoms with Crippen molar-refractivity contribution in [2.45, 2.75) is 40.7 Å². The average molecular weight is 278 g/mol. The van der Waals surface area contributed by atoms with Crippen LogP contribution in [0.5, 0.6) is 0 Å². The second kappa shape index (κ2) is 7.88. The second-order valence-electron chi connectivity index (χ2n) is 5.94. The van der Waals surface area contributed by atoms with Crippen molar-refractivity contribution >= 4 is 5.91 Å². The molecule has 0 radical (unpaired) electrons. The van der Waals surface area contributed by atoms with E-state index >= 15 is 0 Å². The van der Waals surface area contributed by atoms with Gasteiger partial charge in [0.05, 0.1) is 0 Å². The Morgan fingerprint density at radius 2 is 1.85 bits per heavy atom. The van der Waals surface area contributed by atoms with Gasteiger partial charge >= 0.3 is 0 Å². The lowest BCUT2D eigenvalue weighted by Gasteiger charge is -2.25. The molecule has 1 N–H and O–H groups in total. The van der Waals surface area contributed by atoms with Gasteiger partial charge in [0, 0.05) is 31.8 Å². The Hall–Kier alpha value is -1.58. The highest BCUT2D eigenvalue weighted by atomic mass is 16.1. The predicted molar refractivity (Wildman–Crippen MR) is 81.5 cm³/mol. The maximum absolute atomic E-state index is 11.9. The first kappa shape index (κ1) is 16.5. The van der Waals surface area contributed by atoms with Crippen LogP contribution in [0.4, 0.5) is 0 Å². The van der Waals surface area contributed by atoms with Crippen molar-refractivity contribution in [2.24, 2.45) is 17.8 Å². The van der Waals surface area contributed by atoms with Crippen LogP contribution >= 0.6 is 0 Å². The highest BCUT2D eigenvalue weighted by molar-refractivity contribution is 5.75. The number of amides is 1. The summed E-state index contributed by atoms with van der Waals surface area (Å²) in [6, 6.07) is 5.01. The monoisotopic (exact) mass is 278 g/mol. The summed E-state index contributed by atoms with van der Waals surface area (Å²) >= 11 is 0. The van der Waals surface area contributed by atoms with Crippen LogP contribution in [0.15, 0.2) is 29.2 Å². The van der Waals surface area contributed by atoms with Gasteiger partial charge in [0.15, 0.2) is 0 Å². The normalized spacial score (nSPS) is 11.3. The van der Waals surface area contributed by atoms with Crippen molar-refractivity contribution in [1.29, 1.82) is 0 Å². The molecule has 0 spiro atoms. The van der Waals surface area contributed by atoms with Gasteiger partial charge in [0.1, 0.15) is 0 Å². The molecule has 0 saturated heterocycles. The number of hydrogen-bond acceptors (Lipinski definition) is 2. The van der Waals surface area contributed by atoms with E-state index in [1.54, 1.807) is 22.9 Å². The molecule has 4 nitrogen and oxygen atoms in total. The molecule has 0 aliphatic carbocycles. The van der Waals surface area contributed by atoms with Gasteiger partial charge in [-0.05, 0) is 23.8 Å². The Kier molecular flexibility index (Phi) is 6.49. The zero-order valence-corrected chi connectivity index (χ0v) is 12.9. The highest BCUT2D eigenvalue weighted by Gasteiger charge is 2.18. The third kappa shape index (κ3) is 5.19. The van der Waals surface area contributed by atoms with Gasteiger partial charge in [-0.2, -0.15) is 0 Å². The van der Waals surface area contributed by atoms with Gasteiger partial charge in [0.25, 0.3) is 5.56 Å². The summed E-state index contributed by atoms with van der Waals surface area (Å²) in [5.41, 5.74) is -0.0671. The number of pyridine rings is 1. The van der Waals surface area contributed by atoms with Gasteiger partial charge in [0.2, 0.25) is 5.91 Å². The van der Waals surface area contributed by atoms with Crippen LogP contribution < -0.4 is 10.9 Å². The molecule has 0 atom stereocenters. The van der Waals surface area contributed by atoms with E-state index in [-0.39, 0.29) is 11.5 Å². The van der Waals surface area contributed by atoms with Crippen LogP contribution in [-0.4, -0.2) is 17.0 Å². The van der Waals surface area contributed by atoms with Crippen LogP contribution in [0.3, 0.4) is 0 Å². The van der Waals surface area contributed by atoms with E-state index in [0.29, 0.717) is 37.3 Å². The largest absolute Gasteiger partial charge is 0.356 e. The van der Waals surface area contributed by atoms with Crippen molar-refractivity contribution in [3.8, 4) is 0 Å². The van der Waals surface area contributed by atoms with Gasteiger partial charge in [-0.3, -0.25) is 9.59 Å². The number of aromatic nitrogens is 1. The van der Waals surface area contributed by atoms with Crippen LogP contribution in [0.25, 0.3) is 0 Å². The first-order chi connectivity index (χ1) is 9.41. The zero-order chi connectivity index (χ0) is 15.1. The lowest BCUT2D eigenvalue weighted by Crippen LogP contribution is -2.34. The molecule has 0 saturated carbocycles. The topological polar surface area (TPSA) is 51.1 Å². The fourth-order valence-corrected chi connectivity index (χ4v) is 2.43. The van der Waals surface area contributed by atoms with Crippen molar-refractivity contribution in [3.63, 3.8) is 0 Å². The minimum Gasteiger partial charge on any atom is -0.356 e. The Morgan fingerprint density at radius 3 is 2.40 bits per heavy atom. The lowest BCUT2D eigenvalue weighted by molar-refractivity contribution is -0.121. The number of rotatable bonds is 7. The molecule has 1 rings (SSSR count). The third-order valence-electron chi connectivity index (χ3n) is 3.73. The molecule has 0 aliphatic heterocycles. The summed E-state index contributed by atoms with van der Waals surface area (Å²) in [5, 5.41) is 2.98. The molecule has 1 heterocycles. The number of carbonyl (C=O) groups is 1. The molecule has 1 aromatic heterocycles. The Labute approximate surface area is 121 Å². The van der Waals surface area contributed by atoms with E-state index in [0.717, 1.165) is 0 Å². The van der Waals surface area contributed by atoms with Crippen LogP contribution in [0.2, 0.25) is 0 Å². The molecule has 0 fully saturated rings. The van der Waals surface area contributed by atoms with Gasteiger partial charge < -0.3 is 9.88 Å². The predicted octanol–water partition coefficient (Wildman–Crippen LogP) is 2.28. The maximum Gasteiger partial charge on any atom is 0.250 e. The van der Waals surface area contributed by atoms with E-state index in [9.17, 15) is 9.59 Å². The fraction of sp³-hybridized carbons (Fsp3) is 0.625. The third-order valence-corrected chi connectivity index (χ3v) is 3.73. The summed E-state index contributed by atoms with van der Waals surface area (Å²) in [5.74, 6) is 1.59. The minimum absolute atomic E-state index is 0.00653. The van der Waals surface area contributed by atoms with Crippen LogP contribution in [0.1, 0.15) is 34.1 Å². The average Bonchev–Trinajstić information content (AvgIpc) is 2.37. The summed E-state index contributed by atoms with van der Waals surface area (Å²) in [6.45, 7) is 9.86. The van der Waals surface area contributed by atoms with Crippen LogP contribution in [0, 0.1) is 17.8 Å². The first-order valence-electron chi connectivity index (χ1n) is 7.34. The molecule has 0 bridgehead atoms. The Bertz CT molecular complexity index is 469. The minimum atomic E-state index is -0.0671. The zero-order valence-electron chi connectivity index (χ0n) is 12.9. The Balaban J connectivity index is 2.41. The number of nitrogens with zero attached hydrogens (tertiary/aromatic N) is 1. The first-order valence-corrected chi connectivity index (χ1v) is 7.34. The number of aryl methyl sites for hydroxylation is 1. The number of nitrogens with one attached hydrogen (secondary N) is 1. The smallest absolute Gasteiger partial charge is 0.250 e. The highest BCUT2D eigenvalue weighted by Crippen LogP contribution is 2.19. The molecular formula is C16H26N2O2. The quantitative estimate of drug-likeness (QED) is 0.832. The molecular weight excluding hydrogens is 252 g/mol. The second-order valence-corrected chi connectivity index (χ2v) is 5.94. The van der Waals surface area contributed by atoms with E-state index < -0.39 is 0 Å². The van der Waals surface area contributed by atoms with Gasteiger partial charge in [-0.1, -0.05) is 33.8 Å². The summed E-state index contributed by atoms with van der Waals surface area (Å²) < 4.78 is 1.56. The summed E-state index contributed by atoms with van der Waals surface area (Å²) in [7, 11) is 0. The van der Waals surface area contributed by atoms with Crippen molar-refractivity contribution in [3.05, 3.63) is 34.7 Å². The van der Waals surface area contributed by atoms with E-state index in [2.05, 4.69) is 33.0 Å². The number of carbonyl (C=O) groups excluding carboxylic acids is 1. The molecule has 4 heteroatoms. The Morgan fingerprint density at radius 1 is 1.20 bits per heavy atom. The lowest BCUT2D eigenvalue weighted by atomic mass is 9.85. The van der Waals surface area contributed by atoms with Crippen molar-refractivity contribution < 1.29 is 4.79 Å². The molecule has 1 aromatic rings. The van der Waals surface area contributed by atoms with Crippen molar-refractivity contribution in [2.75, 3.05) is 6.54 Å². The molecule has 20 heavy (non-hydrogen) atoms. The fourth-order valence-electron chi connectivity index (χ4n) is 2.43. The summed E-state index contributed by atoms with van der Waals surface area (Å²) in [6.07, 6.45) is 2.05.